The molecule has 0 atom stereocenters. The van der Waals surface area contributed by atoms with Crippen molar-refractivity contribution in [3.8, 4) is 5.75 Å². The van der Waals surface area contributed by atoms with Crippen LogP contribution >= 0.6 is 0 Å². The number of nitrogens with zero attached hydrogens (tertiary/aromatic N) is 1. The Hall–Kier alpha value is -2.12. The van der Waals surface area contributed by atoms with E-state index in [-0.39, 0.29) is 23.0 Å². The van der Waals surface area contributed by atoms with Gasteiger partial charge in [-0.1, -0.05) is 12.1 Å². The molecule has 0 amide bonds. The number of pyridine rings is 1. The zero-order valence-corrected chi connectivity index (χ0v) is 11.5. The number of nitrogens with two attached hydrogens (primary N) is 1. The normalized spacial score (nSPS) is 11.4. The van der Waals surface area contributed by atoms with Crippen LogP contribution in [-0.4, -0.2) is 25.1 Å². The zero-order valence-electron chi connectivity index (χ0n) is 10.7. The van der Waals surface area contributed by atoms with E-state index in [1.54, 1.807) is 24.3 Å². The molecule has 0 bridgehead atoms. The van der Waals surface area contributed by atoms with E-state index in [1.165, 1.54) is 18.3 Å². The molecule has 7 heteroatoms. The van der Waals surface area contributed by atoms with Crippen LogP contribution in [0.1, 0.15) is 5.56 Å². The highest BCUT2D eigenvalue weighted by molar-refractivity contribution is 7.89. The summed E-state index contributed by atoms with van der Waals surface area (Å²) in [6, 6.07) is 9.31. The number of benzene rings is 1. The van der Waals surface area contributed by atoms with E-state index in [0.29, 0.717) is 6.42 Å². The predicted octanol–water partition coefficient (Wildman–Crippen LogP) is 0.890. The molecule has 1 aromatic carbocycles. The number of phenolic OH excluding ortho intramolecular Hbond substituents is 1. The summed E-state index contributed by atoms with van der Waals surface area (Å²) in [5.41, 5.74) is 6.39. The summed E-state index contributed by atoms with van der Waals surface area (Å²) in [4.78, 5) is 3.84. The van der Waals surface area contributed by atoms with Crippen LogP contribution in [0, 0.1) is 0 Å². The van der Waals surface area contributed by atoms with Crippen molar-refractivity contribution in [2.24, 2.45) is 0 Å². The molecule has 0 unspecified atom stereocenters. The molecular formula is C13H15N3O3S. The Morgan fingerprint density at radius 1 is 1.20 bits per heavy atom. The third-order valence-electron chi connectivity index (χ3n) is 2.70. The Morgan fingerprint density at radius 3 is 2.55 bits per heavy atom. The third kappa shape index (κ3) is 3.69. The lowest BCUT2D eigenvalue weighted by Crippen LogP contribution is -2.26. The number of sulfonamides is 1. The topological polar surface area (TPSA) is 105 Å². The van der Waals surface area contributed by atoms with Crippen LogP contribution in [0.5, 0.6) is 5.75 Å². The molecule has 0 aliphatic carbocycles. The van der Waals surface area contributed by atoms with Gasteiger partial charge in [0.1, 0.15) is 11.6 Å². The molecule has 2 aromatic rings. The maximum atomic E-state index is 12.0. The molecular weight excluding hydrogens is 278 g/mol. The molecule has 0 saturated heterocycles. The molecule has 0 aliphatic rings. The Balaban J connectivity index is 1.98. The Bertz CT molecular complexity index is 684. The minimum absolute atomic E-state index is 0.0932. The van der Waals surface area contributed by atoms with Crippen LogP contribution in [0.2, 0.25) is 0 Å². The van der Waals surface area contributed by atoms with Gasteiger partial charge in [0.05, 0.1) is 4.90 Å². The molecule has 0 fully saturated rings. The standard InChI is InChI=1S/C13H15N3O3S/c14-13-9-12(6-7-15-13)20(18,19)16-8-5-10-1-3-11(17)4-2-10/h1-4,6-7,9,16-17H,5,8H2,(H2,14,15). The summed E-state index contributed by atoms with van der Waals surface area (Å²) in [5, 5.41) is 9.16. The minimum Gasteiger partial charge on any atom is -0.508 e. The molecule has 0 spiro atoms. The fourth-order valence-electron chi connectivity index (χ4n) is 1.67. The van der Waals surface area contributed by atoms with E-state index in [9.17, 15) is 8.42 Å². The molecule has 0 radical (unpaired) electrons. The summed E-state index contributed by atoms with van der Waals surface area (Å²) in [6.07, 6.45) is 1.88. The van der Waals surface area contributed by atoms with E-state index in [1.807, 2.05) is 0 Å². The number of rotatable bonds is 5. The molecule has 2 rings (SSSR count). The van der Waals surface area contributed by atoms with Gasteiger partial charge in [0.2, 0.25) is 10.0 Å². The lowest BCUT2D eigenvalue weighted by Gasteiger charge is -2.07. The Labute approximate surface area is 117 Å². The largest absolute Gasteiger partial charge is 0.508 e. The summed E-state index contributed by atoms with van der Waals surface area (Å²) in [7, 11) is -3.58. The first-order valence-electron chi connectivity index (χ1n) is 5.96. The maximum absolute atomic E-state index is 12.0. The molecule has 6 nitrogen and oxygen atoms in total. The molecule has 4 N–H and O–H groups in total. The van der Waals surface area contributed by atoms with Gasteiger partial charge in [-0.25, -0.2) is 18.1 Å². The van der Waals surface area contributed by atoms with Crippen LogP contribution in [0.4, 0.5) is 5.82 Å². The minimum atomic E-state index is -3.58. The van der Waals surface area contributed by atoms with Gasteiger partial charge in [0.15, 0.2) is 0 Å². The van der Waals surface area contributed by atoms with Crippen LogP contribution in [0.3, 0.4) is 0 Å². The molecule has 1 heterocycles. The fourth-order valence-corrected chi connectivity index (χ4v) is 2.72. The summed E-state index contributed by atoms with van der Waals surface area (Å²) >= 11 is 0. The molecule has 0 saturated carbocycles. The van der Waals surface area contributed by atoms with Crippen molar-refractivity contribution in [1.82, 2.24) is 9.71 Å². The van der Waals surface area contributed by atoms with Gasteiger partial charge in [-0.15, -0.1) is 0 Å². The number of nitrogens with one attached hydrogen (secondary N) is 1. The van der Waals surface area contributed by atoms with Gasteiger partial charge < -0.3 is 10.8 Å². The number of anilines is 1. The van der Waals surface area contributed by atoms with Crippen molar-refractivity contribution in [2.45, 2.75) is 11.3 Å². The van der Waals surface area contributed by atoms with Gasteiger partial charge in [-0.3, -0.25) is 0 Å². The van der Waals surface area contributed by atoms with Crippen LogP contribution < -0.4 is 10.5 Å². The lowest BCUT2D eigenvalue weighted by atomic mass is 10.1. The number of hydrogen-bond donors (Lipinski definition) is 3. The molecule has 106 valence electrons. The summed E-state index contributed by atoms with van der Waals surface area (Å²) in [5.74, 6) is 0.341. The number of aromatic nitrogens is 1. The smallest absolute Gasteiger partial charge is 0.240 e. The first-order chi connectivity index (χ1) is 9.47. The second-order valence-electron chi connectivity index (χ2n) is 4.23. The van der Waals surface area contributed by atoms with Crippen LogP contribution in [0.25, 0.3) is 0 Å². The summed E-state index contributed by atoms with van der Waals surface area (Å²) in [6.45, 7) is 0.259. The summed E-state index contributed by atoms with van der Waals surface area (Å²) < 4.78 is 26.5. The van der Waals surface area contributed by atoms with Crippen molar-refractivity contribution in [3.05, 3.63) is 48.2 Å². The highest BCUT2D eigenvalue weighted by Crippen LogP contribution is 2.12. The number of aromatic hydroxyl groups is 1. The van der Waals surface area contributed by atoms with Gasteiger partial charge in [-0.2, -0.15) is 0 Å². The number of phenols is 1. The fraction of sp³-hybridized carbons (Fsp3) is 0.154. The van der Waals surface area contributed by atoms with Crippen molar-refractivity contribution < 1.29 is 13.5 Å². The second kappa shape index (κ2) is 5.89. The van der Waals surface area contributed by atoms with Gasteiger partial charge in [0, 0.05) is 18.8 Å². The molecule has 1 aromatic heterocycles. The van der Waals surface area contributed by atoms with Crippen molar-refractivity contribution >= 4 is 15.8 Å². The number of hydrogen-bond acceptors (Lipinski definition) is 5. The van der Waals surface area contributed by atoms with E-state index < -0.39 is 10.0 Å². The number of nitrogen functional groups attached to an aromatic ring is 1. The second-order valence-corrected chi connectivity index (χ2v) is 6.00. The first kappa shape index (κ1) is 14.3. The van der Waals surface area contributed by atoms with Crippen molar-refractivity contribution in [1.29, 1.82) is 0 Å². The van der Waals surface area contributed by atoms with E-state index in [0.717, 1.165) is 5.56 Å². The van der Waals surface area contributed by atoms with E-state index in [2.05, 4.69) is 9.71 Å². The highest BCUT2D eigenvalue weighted by atomic mass is 32.2. The average molecular weight is 293 g/mol. The zero-order chi connectivity index (χ0) is 14.6. The average Bonchev–Trinajstić information content (AvgIpc) is 2.41. The third-order valence-corrected chi connectivity index (χ3v) is 4.16. The Morgan fingerprint density at radius 2 is 1.90 bits per heavy atom. The van der Waals surface area contributed by atoms with E-state index >= 15 is 0 Å². The van der Waals surface area contributed by atoms with Crippen LogP contribution in [0.15, 0.2) is 47.5 Å². The first-order valence-corrected chi connectivity index (χ1v) is 7.45. The quantitative estimate of drug-likeness (QED) is 0.759. The predicted molar refractivity (Wildman–Crippen MR) is 75.6 cm³/mol. The molecule has 0 aliphatic heterocycles. The van der Waals surface area contributed by atoms with Crippen LogP contribution in [-0.2, 0) is 16.4 Å². The molecule has 20 heavy (non-hydrogen) atoms. The SMILES string of the molecule is Nc1cc(S(=O)(=O)NCCc2ccc(O)cc2)ccn1. The highest BCUT2D eigenvalue weighted by Gasteiger charge is 2.13. The van der Waals surface area contributed by atoms with Crippen molar-refractivity contribution in [2.75, 3.05) is 12.3 Å². The Kier molecular flexibility index (Phi) is 4.21. The van der Waals surface area contributed by atoms with Crippen molar-refractivity contribution in [3.63, 3.8) is 0 Å². The van der Waals surface area contributed by atoms with Gasteiger partial charge in [0.25, 0.3) is 0 Å². The van der Waals surface area contributed by atoms with Gasteiger partial charge >= 0.3 is 0 Å². The lowest BCUT2D eigenvalue weighted by molar-refractivity contribution is 0.475. The van der Waals surface area contributed by atoms with E-state index in [4.69, 9.17) is 10.8 Å². The van der Waals surface area contributed by atoms with Gasteiger partial charge in [-0.05, 0) is 30.2 Å². The monoisotopic (exact) mass is 293 g/mol. The maximum Gasteiger partial charge on any atom is 0.240 e.